The molecule has 2 aromatic carbocycles. The summed E-state index contributed by atoms with van der Waals surface area (Å²) in [6.45, 7) is -0.133. The van der Waals surface area contributed by atoms with Crippen molar-refractivity contribution in [3.8, 4) is 0 Å². The zero-order valence-electron chi connectivity index (χ0n) is 19.3. The van der Waals surface area contributed by atoms with Crippen LogP contribution in [0.15, 0.2) is 67.0 Å². The van der Waals surface area contributed by atoms with Gasteiger partial charge in [0, 0.05) is 40.2 Å². The van der Waals surface area contributed by atoms with Crippen molar-refractivity contribution in [3.63, 3.8) is 0 Å². The molecule has 0 aliphatic heterocycles. The fourth-order valence-electron chi connectivity index (χ4n) is 3.31. The Balaban J connectivity index is 1.54. The van der Waals surface area contributed by atoms with E-state index in [9.17, 15) is 24.3 Å². The van der Waals surface area contributed by atoms with E-state index >= 15 is 0 Å². The highest BCUT2D eigenvalue weighted by Crippen LogP contribution is 2.25. The summed E-state index contributed by atoms with van der Waals surface area (Å²) in [5, 5.41) is 20.2. The Morgan fingerprint density at radius 2 is 1.70 bits per heavy atom. The fraction of sp³-hybridized carbons (Fsp3) is 0.160. The third-order valence-electron chi connectivity index (χ3n) is 4.97. The molecule has 0 bridgehead atoms. The maximum absolute atomic E-state index is 12.6. The van der Waals surface area contributed by atoms with Crippen molar-refractivity contribution in [2.24, 2.45) is 0 Å². The van der Waals surface area contributed by atoms with Crippen LogP contribution in [0.5, 0.6) is 0 Å². The maximum Gasteiger partial charge on any atom is 0.319 e. The lowest BCUT2D eigenvalue weighted by atomic mass is 10.0. The van der Waals surface area contributed by atoms with Gasteiger partial charge in [0.15, 0.2) is 0 Å². The highest BCUT2D eigenvalue weighted by atomic mass is 35.5. The molecule has 3 rings (SSSR count). The Bertz CT molecular complexity index is 1270. The number of carboxylic acids is 1. The van der Waals surface area contributed by atoms with Crippen LogP contribution in [0.25, 0.3) is 0 Å². The predicted octanol–water partition coefficient (Wildman–Crippen LogP) is 3.77. The standard InChI is InChI=1S/C25H23Cl2N5O5/c26-18-7-17(8-19(27)10-18)21(11-23(34)35)32-22(33)14-29-24(36)16-4-1-5-20(9-16)31-25(37)30-13-15-3-2-6-28-12-15/h1-10,12,21H,11,13-14H2,(H,29,36)(H,32,33)(H,34,35)(H2,30,31,37). The van der Waals surface area contributed by atoms with Crippen LogP contribution in [-0.2, 0) is 16.1 Å². The van der Waals surface area contributed by atoms with E-state index in [1.165, 1.54) is 30.3 Å². The first-order valence-corrected chi connectivity index (χ1v) is 11.7. The Labute approximate surface area is 222 Å². The first kappa shape index (κ1) is 27.4. The summed E-state index contributed by atoms with van der Waals surface area (Å²) in [5.41, 5.74) is 1.83. The van der Waals surface area contributed by atoms with Gasteiger partial charge in [0.25, 0.3) is 5.91 Å². The van der Waals surface area contributed by atoms with Crippen LogP contribution in [0.2, 0.25) is 10.0 Å². The van der Waals surface area contributed by atoms with E-state index in [0.717, 1.165) is 5.56 Å². The third-order valence-corrected chi connectivity index (χ3v) is 5.41. The summed E-state index contributed by atoms with van der Waals surface area (Å²) in [5.74, 6) is -2.31. The Morgan fingerprint density at radius 3 is 2.38 bits per heavy atom. The minimum atomic E-state index is -1.14. The van der Waals surface area contributed by atoms with Crippen molar-refractivity contribution in [2.45, 2.75) is 19.0 Å². The number of benzene rings is 2. The molecular weight excluding hydrogens is 521 g/mol. The van der Waals surface area contributed by atoms with Crippen LogP contribution in [0.3, 0.4) is 0 Å². The lowest BCUT2D eigenvalue weighted by molar-refractivity contribution is -0.137. The zero-order chi connectivity index (χ0) is 26.8. The molecule has 1 heterocycles. The second-order valence-electron chi connectivity index (χ2n) is 7.85. The van der Waals surface area contributed by atoms with Crippen LogP contribution >= 0.6 is 23.2 Å². The molecule has 0 spiro atoms. The summed E-state index contributed by atoms with van der Waals surface area (Å²) >= 11 is 12.0. The number of carbonyl (C=O) groups excluding carboxylic acids is 3. The van der Waals surface area contributed by atoms with Crippen molar-refractivity contribution >= 4 is 52.7 Å². The number of halogens is 2. The van der Waals surface area contributed by atoms with Crippen LogP contribution < -0.4 is 21.3 Å². The summed E-state index contributed by atoms with van der Waals surface area (Å²) in [6, 6.07) is 12.9. The lowest BCUT2D eigenvalue weighted by Gasteiger charge is -2.18. The first-order chi connectivity index (χ1) is 17.7. The van der Waals surface area contributed by atoms with E-state index in [2.05, 4.69) is 26.3 Å². The van der Waals surface area contributed by atoms with Gasteiger partial charge in [-0.05, 0) is 53.6 Å². The Kier molecular flexibility index (Phi) is 9.82. The topological polar surface area (TPSA) is 150 Å². The molecule has 37 heavy (non-hydrogen) atoms. The molecule has 0 aliphatic carbocycles. The number of carbonyl (C=O) groups is 4. The molecule has 4 amide bonds. The molecule has 192 valence electrons. The maximum atomic E-state index is 12.6. The number of nitrogens with one attached hydrogen (secondary N) is 4. The Morgan fingerprint density at radius 1 is 0.946 bits per heavy atom. The molecule has 1 aromatic heterocycles. The number of anilines is 1. The smallest absolute Gasteiger partial charge is 0.319 e. The molecule has 5 N–H and O–H groups in total. The number of pyridine rings is 1. The molecule has 0 saturated heterocycles. The number of hydrogen-bond donors (Lipinski definition) is 5. The van der Waals surface area contributed by atoms with E-state index in [0.29, 0.717) is 21.3 Å². The van der Waals surface area contributed by atoms with Gasteiger partial charge in [0.2, 0.25) is 5.91 Å². The number of aliphatic carboxylic acids is 1. The summed E-state index contributed by atoms with van der Waals surface area (Å²) in [7, 11) is 0. The Hall–Kier alpha value is -4.15. The van der Waals surface area contributed by atoms with Gasteiger partial charge in [-0.2, -0.15) is 0 Å². The van der Waals surface area contributed by atoms with Crippen LogP contribution in [0, 0.1) is 0 Å². The summed E-state index contributed by atoms with van der Waals surface area (Å²) in [6.07, 6.45) is 2.86. The van der Waals surface area contributed by atoms with Gasteiger partial charge in [-0.25, -0.2) is 4.79 Å². The highest BCUT2D eigenvalue weighted by Gasteiger charge is 2.20. The van der Waals surface area contributed by atoms with Gasteiger partial charge in [0.1, 0.15) is 0 Å². The minimum absolute atomic E-state index is 0.210. The van der Waals surface area contributed by atoms with Gasteiger partial charge in [-0.3, -0.25) is 19.4 Å². The predicted molar refractivity (Wildman–Crippen MR) is 138 cm³/mol. The molecule has 0 radical (unpaired) electrons. The van der Waals surface area contributed by atoms with Crippen LogP contribution in [-0.4, -0.2) is 40.5 Å². The van der Waals surface area contributed by atoms with Crippen molar-refractivity contribution in [1.82, 2.24) is 20.9 Å². The number of hydrogen-bond acceptors (Lipinski definition) is 5. The zero-order valence-corrected chi connectivity index (χ0v) is 20.8. The lowest BCUT2D eigenvalue weighted by Crippen LogP contribution is -2.39. The number of urea groups is 1. The molecule has 0 saturated carbocycles. The molecule has 0 fully saturated rings. The van der Waals surface area contributed by atoms with Gasteiger partial charge in [-0.1, -0.05) is 35.3 Å². The molecule has 0 aliphatic rings. The van der Waals surface area contributed by atoms with E-state index < -0.39 is 42.8 Å². The molecule has 1 unspecified atom stereocenters. The molecule has 1 atom stereocenters. The molecule has 12 heteroatoms. The van der Waals surface area contributed by atoms with Gasteiger partial charge in [0.05, 0.1) is 19.0 Å². The quantitative estimate of drug-likeness (QED) is 0.262. The molecule has 10 nitrogen and oxygen atoms in total. The number of nitrogens with zero attached hydrogens (tertiary/aromatic N) is 1. The molecule has 3 aromatic rings. The van der Waals surface area contributed by atoms with Crippen molar-refractivity contribution in [1.29, 1.82) is 0 Å². The molecular formula is C25H23Cl2N5O5. The van der Waals surface area contributed by atoms with E-state index in [-0.39, 0.29) is 12.1 Å². The average molecular weight is 544 g/mol. The number of aromatic nitrogens is 1. The second kappa shape index (κ2) is 13.2. The SMILES string of the molecule is O=C(O)CC(NC(=O)CNC(=O)c1cccc(NC(=O)NCc2cccnc2)c1)c1cc(Cl)cc(Cl)c1. The van der Waals surface area contributed by atoms with Gasteiger partial charge < -0.3 is 26.4 Å². The van der Waals surface area contributed by atoms with Crippen molar-refractivity contribution in [2.75, 3.05) is 11.9 Å². The fourth-order valence-corrected chi connectivity index (χ4v) is 3.85. The first-order valence-electron chi connectivity index (χ1n) is 11.0. The number of amides is 4. The second-order valence-corrected chi connectivity index (χ2v) is 8.73. The van der Waals surface area contributed by atoms with Crippen molar-refractivity contribution < 1.29 is 24.3 Å². The summed E-state index contributed by atoms with van der Waals surface area (Å²) in [4.78, 5) is 52.5. The number of carboxylic acid groups (broad SMARTS) is 1. The average Bonchev–Trinajstić information content (AvgIpc) is 2.85. The van der Waals surface area contributed by atoms with E-state index in [1.807, 2.05) is 6.07 Å². The van der Waals surface area contributed by atoms with Gasteiger partial charge in [-0.15, -0.1) is 0 Å². The summed E-state index contributed by atoms with van der Waals surface area (Å²) < 4.78 is 0. The largest absolute Gasteiger partial charge is 0.481 e. The van der Waals surface area contributed by atoms with Crippen molar-refractivity contribution in [3.05, 3.63) is 93.7 Å². The number of rotatable bonds is 10. The van der Waals surface area contributed by atoms with Gasteiger partial charge >= 0.3 is 12.0 Å². The third kappa shape index (κ3) is 9.10. The minimum Gasteiger partial charge on any atom is -0.481 e. The van der Waals surface area contributed by atoms with E-state index in [4.69, 9.17) is 23.2 Å². The van der Waals surface area contributed by atoms with Crippen LogP contribution in [0.4, 0.5) is 10.5 Å². The van der Waals surface area contributed by atoms with E-state index in [1.54, 1.807) is 30.6 Å². The van der Waals surface area contributed by atoms with Crippen LogP contribution in [0.1, 0.15) is 33.9 Å². The highest BCUT2D eigenvalue weighted by molar-refractivity contribution is 6.34. The normalized spacial score (nSPS) is 11.2. The monoisotopic (exact) mass is 543 g/mol.